The highest BCUT2D eigenvalue weighted by Gasteiger charge is 2.33. The molecule has 0 radical (unpaired) electrons. The molecule has 0 saturated heterocycles. The molecule has 2 aromatic rings. The van der Waals surface area contributed by atoms with Crippen molar-refractivity contribution in [1.29, 1.82) is 0 Å². The van der Waals surface area contributed by atoms with Gasteiger partial charge in [-0.2, -0.15) is 5.10 Å². The maximum absolute atomic E-state index is 13.2. The zero-order valence-corrected chi connectivity index (χ0v) is 17.4. The number of nitrogens with two attached hydrogens (primary N) is 1. The van der Waals surface area contributed by atoms with Crippen LogP contribution in [0, 0.1) is 5.82 Å². The Balaban J connectivity index is 1.67. The first-order valence-corrected chi connectivity index (χ1v) is 9.65. The number of nitrogens with one attached hydrogen (secondary N) is 1. The summed E-state index contributed by atoms with van der Waals surface area (Å²) >= 11 is 0. The largest absolute Gasteiger partial charge is 0.492 e. The molecule has 10 nitrogen and oxygen atoms in total. The van der Waals surface area contributed by atoms with E-state index in [0.29, 0.717) is 52.7 Å². The molecule has 0 spiro atoms. The summed E-state index contributed by atoms with van der Waals surface area (Å²) in [5.74, 6) is 1.23. The van der Waals surface area contributed by atoms with Gasteiger partial charge in [-0.25, -0.2) is 14.6 Å². The predicted molar refractivity (Wildman–Crippen MR) is 112 cm³/mol. The van der Waals surface area contributed by atoms with E-state index in [1.54, 1.807) is 12.1 Å². The highest BCUT2D eigenvalue weighted by molar-refractivity contribution is 6.01. The van der Waals surface area contributed by atoms with Crippen molar-refractivity contribution in [3.05, 3.63) is 46.8 Å². The van der Waals surface area contributed by atoms with Crippen LogP contribution in [-0.4, -0.2) is 45.1 Å². The van der Waals surface area contributed by atoms with Crippen molar-refractivity contribution < 1.29 is 33.0 Å². The standard InChI is InChI=1S/C21H21FN4O6/c1-28-17-14(7-13-8-16(26-32-13)11-3-5-12(22)6-4-11)15(9-24-25-21(23)27)18(29-2)20-19(17)30-10-31-20/h3-6,9,13H,7-8,10H2,1-2H3,(H3,23,25,27)/b24-9-. The van der Waals surface area contributed by atoms with Crippen LogP contribution in [-0.2, 0) is 11.3 Å². The molecule has 2 heterocycles. The quantitative estimate of drug-likeness (QED) is 0.499. The third kappa shape index (κ3) is 4.09. The Kier molecular flexibility index (Phi) is 5.97. The Morgan fingerprint density at radius 2 is 1.94 bits per heavy atom. The highest BCUT2D eigenvalue weighted by Crippen LogP contribution is 2.52. The van der Waals surface area contributed by atoms with Gasteiger partial charge in [-0.3, -0.25) is 0 Å². The number of hydrogen-bond acceptors (Lipinski definition) is 8. The van der Waals surface area contributed by atoms with E-state index < -0.39 is 6.03 Å². The van der Waals surface area contributed by atoms with E-state index >= 15 is 0 Å². The zero-order chi connectivity index (χ0) is 22.7. The maximum atomic E-state index is 13.2. The van der Waals surface area contributed by atoms with Crippen LogP contribution in [0.2, 0.25) is 0 Å². The van der Waals surface area contributed by atoms with Crippen LogP contribution >= 0.6 is 0 Å². The average Bonchev–Trinajstić information content (AvgIpc) is 3.44. The van der Waals surface area contributed by atoms with Crippen LogP contribution in [0.15, 0.2) is 34.5 Å². The first kappa shape index (κ1) is 21.2. The van der Waals surface area contributed by atoms with Gasteiger partial charge < -0.3 is 29.5 Å². The molecule has 32 heavy (non-hydrogen) atoms. The van der Waals surface area contributed by atoms with Gasteiger partial charge in [0.25, 0.3) is 0 Å². The van der Waals surface area contributed by atoms with Gasteiger partial charge >= 0.3 is 6.03 Å². The zero-order valence-electron chi connectivity index (χ0n) is 17.4. The molecule has 0 bridgehead atoms. The maximum Gasteiger partial charge on any atom is 0.332 e. The highest BCUT2D eigenvalue weighted by atomic mass is 19.1. The first-order chi connectivity index (χ1) is 15.5. The molecule has 2 aromatic carbocycles. The number of carbonyl (C=O) groups excluding carboxylic acids is 1. The number of hydrazone groups is 1. The lowest BCUT2D eigenvalue weighted by atomic mass is 9.95. The molecule has 4 rings (SSSR count). The number of amides is 2. The fourth-order valence-electron chi connectivity index (χ4n) is 3.63. The van der Waals surface area contributed by atoms with Gasteiger partial charge in [0.1, 0.15) is 11.9 Å². The van der Waals surface area contributed by atoms with Crippen molar-refractivity contribution in [2.75, 3.05) is 21.0 Å². The van der Waals surface area contributed by atoms with Gasteiger partial charge in [-0.1, -0.05) is 17.3 Å². The van der Waals surface area contributed by atoms with E-state index in [1.165, 1.54) is 32.6 Å². The molecule has 2 amide bonds. The minimum atomic E-state index is -0.814. The second kappa shape index (κ2) is 9.00. The number of rotatable bonds is 7. The molecule has 1 unspecified atom stereocenters. The second-order valence-corrected chi connectivity index (χ2v) is 6.94. The Bertz CT molecular complexity index is 1090. The molecule has 2 aliphatic heterocycles. The van der Waals surface area contributed by atoms with Crippen molar-refractivity contribution in [3.8, 4) is 23.0 Å². The minimum Gasteiger partial charge on any atom is -0.492 e. The number of primary amides is 1. The van der Waals surface area contributed by atoms with Crippen LogP contribution in [0.1, 0.15) is 23.1 Å². The molecule has 0 saturated carbocycles. The van der Waals surface area contributed by atoms with Crippen molar-refractivity contribution in [1.82, 2.24) is 5.43 Å². The second-order valence-electron chi connectivity index (χ2n) is 6.94. The summed E-state index contributed by atoms with van der Waals surface area (Å²) in [7, 11) is 2.99. The van der Waals surface area contributed by atoms with Crippen molar-refractivity contribution in [3.63, 3.8) is 0 Å². The van der Waals surface area contributed by atoms with Gasteiger partial charge in [-0.15, -0.1) is 0 Å². The predicted octanol–water partition coefficient (Wildman–Crippen LogP) is 2.31. The summed E-state index contributed by atoms with van der Waals surface area (Å²) < 4.78 is 35.6. The van der Waals surface area contributed by atoms with Crippen LogP contribution in [0.5, 0.6) is 23.0 Å². The van der Waals surface area contributed by atoms with E-state index in [9.17, 15) is 9.18 Å². The summed E-state index contributed by atoms with van der Waals surface area (Å²) in [4.78, 5) is 16.7. The summed E-state index contributed by atoms with van der Waals surface area (Å²) in [6.07, 6.45) is 1.88. The number of methoxy groups -OCH3 is 2. The number of hydrogen-bond donors (Lipinski definition) is 2. The topological polar surface area (TPSA) is 126 Å². The van der Waals surface area contributed by atoms with E-state index in [4.69, 9.17) is 29.5 Å². The third-order valence-corrected chi connectivity index (χ3v) is 4.99. The molecular formula is C21H21FN4O6. The van der Waals surface area contributed by atoms with Crippen LogP contribution < -0.4 is 30.1 Å². The third-order valence-electron chi connectivity index (χ3n) is 4.99. The SMILES string of the molecule is COc1c(/C=N\NC(N)=O)c(CC2CC(c3ccc(F)cc3)=NO2)c(OC)c2c1OCO2. The lowest BCUT2D eigenvalue weighted by Gasteiger charge is -2.19. The molecule has 168 valence electrons. The summed E-state index contributed by atoms with van der Waals surface area (Å²) in [6.45, 7) is -0.000615. The lowest BCUT2D eigenvalue weighted by Crippen LogP contribution is -2.24. The van der Waals surface area contributed by atoms with E-state index in [0.717, 1.165) is 5.56 Å². The monoisotopic (exact) mass is 444 g/mol. The Labute approximate surface area is 182 Å². The fourth-order valence-corrected chi connectivity index (χ4v) is 3.63. The van der Waals surface area contributed by atoms with Gasteiger partial charge in [0.2, 0.25) is 18.3 Å². The molecular weight excluding hydrogens is 423 g/mol. The van der Waals surface area contributed by atoms with Crippen LogP contribution in [0.4, 0.5) is 9.18 Å². The smallest absolute Gasteiger partial charge is 0.332 e. The van der Waals surface area contributed by atoms with E-state index in [-0.39, 0.29) is 18.7 Å². The number of oxime groups is 1. The molecule has 3 N–H and O–H groups in total. The van der Waals surface area contributed by atoms with Crippen molar-refractivity contribution >= 4 is 18.0 Å². The van der Waals surface area contributed by atoms with Crippen molar-refractivity contribution in [2.24, 2.45) is 16.0 Å². The molecule has 0 fully saturated rings. The minimum absolute atomic E-state index is 0.000615. The fraction of sp³-hybridized carbons (Fsp3) is 0.286. The number of ether oxygens (including phenoxy) is 4. The molecule has 1 atom stereocenters. The number of fused-ring (bicyclic) bond motifs is 1. The number of carbonyl (C=O) groups is 1. The van der Waals surface area contributed by atoms with Gasteiger partial charge in [0.15, 0.2) is 11.5 Å². The summed E-state index contributed by atoms with van der Waals surface area (Å²) in [6, 6.07) is 5.23. The van der Waals surface area contributed by atoms with Crippen LogP contribution in [0.3, 0.4) is 0 Å². The summed E-state index contributed by atoms with van der Waals surface area (Å²) in [5, 5.41) is 8.03. The molecule has 0 aromatic heterocycles. The first-order valence-electron chi connectivity index (χ1n) is 9.65. The number of nitrogens with zero attached hydrogens (tertiary/aromatic N) is 2. The Hall–Kier alpha value is -4.02. The Morgan fingerprint density at radius 1 is 1.25 bits per heavy atom. The normalized spacial score (nSPS) is 16.6. The Morgan fingerprint density at radius 3 is 2.59 bits per heavy atom. The summed E-state index contributed by atoms with van der Waals surface area (Å²) in [5.41, 5.74) is 9.89. The van der Waals surface area contributed by atoms with Crippen molar-refractivity contribution in [2.45, 2.75) is 18.9 Å². The lowest BCUT2D eigenvalue weighted by molar-refractivity contribution is 0.0853. The van der Waals surface area contributed by atoms with Gasteiger partial charge in [-0.05, 0) is 17.7 Å². The van der Waals surface area contributed by atoms with Gasteiger partial charge in [0, 0.05) is 24.0 Å². The molecule has 0 aliphatic carbocycles. The number of urea groups is 1. The number of halogens is 1. The van der Waals surface area contributed by atoms with Gasteiger partial charge in [0.05, 0.1) is 26.1 Å². The molecule has 2 aliphatic rings. The average molecular weight is 444 g/mol. The van der Waals surface area contributed by atoms with E-state index in [1.807, 2.05) is 0 Å². The number of benzene rings is 2. The van der Waals surface area contributed by atoms with E-state index in [2.05, 4.69) is 15.7 Å². The van der Waals surface area contributed by atoms with Crippen LogP contribution in [0.25, 0.3) is 0 Å². The molecule has 11 heteroatoms.